The molecule has 120 valence electrons. The molecular weight excluding hydrogens is 258 g/mol. The molecule has 0 radical (unpaired) electrons. The Balaban J connectivity index is 1.62. The van der Waals surface area contributed by atoms with Gasteiger partial charge in [0.05, 0.1) is 12.1 Å². The van der Waals surface area contributed by atoms with E-state index in [2.05, 4.69) is 19.6 Å². The highest BCUT2D eigenvalue weighted by Crippen LogP contribution is 2.65. The number of fused-ring (bicyclic) bond motifs is 5. The monoisotopic (exact) mass is 292 g/mol. The maximum atomic E-state index is 10.1. The van der Waals surface area contributed by atoms with Gasteiger partial charge < -0.3 is 10.8 Å². The number of aliphatic hydroxyl groups is 1. The first kappa shape index (κ1) is 14.5. The van der Waals surface area contributed by atoms with Crippen molar-refractivity contribution in [2.24, 2.45) is 34.5 Å². The maximum absolute atomic E-state index is 10.1. The van der Waals surface area contributed by atoms with Crippen molar-refractivity contribution in [3.63, 3.8) is 0 Å². The number of rotatable bonds is 0. The molecule has 4 saturated carbocycles. The lowest BCUT2D eigenvalue weighted by Gasteiger charge is -2.60. The van der Waals surface area contributed by atoms with Gasteiger partial charge in [-0.2, -0.15) is 0 Å². The molecule has 2 nitrogen and oxygen atoms in total. The quantitative estimate of drug-likeness (QED) is 0.708. The van der Waals surface area contributed by atoms with E-state index in [-0.39, 0.29) is 6.10 Å². The summed E-state index contributed by atoms with van der Waals surface area (Å²) in [7, 11) is 0. The first-order chi connectivity index (χ1) is 9.95. The first-order valence-electron chi connectivity index (χ1n) is 9.46. The standard InChI is InChI=1S/C19H33NO/c1-18-9-7-13(21)11-12(18)3-4-14-15-5-6-17(20)19(15,2)10-8-16(14)18/h12-17,21H,3-11,20H2,1-2H3/p+1/t12-,13+,14+,15+,16-,17+,18-,19-/m0/s1. The molecule has 0 aliphatic heterocycles. The third-order valence-electron chi connectivity index (χ3n) is 8.83. The molecule has 2 heteroatoms. The Bertz CT molecular complexity index is 424. The summed E-state index contributed by atoms with van der Waals surface area (Å²) in [5.41, 5.74) is 5.58. The summed E-state index contributed by atoms with van der Waals surface area (Å²) >= 11 is 0. The summed E-state index contributed by atoms with van der Waals surface area (Å²) in [6, 6.07) is 0.696. The normalized spacial score (nSPS) is 60.0. The van der Waals surface area contributed by atoms with E-state index in [9.17, 15) is 5.11 Å². The molecule has 4 aliphatic carbocycles. The predicted octanol–water partition coefficient (Wildman–Crippen LogP) is 3.00. The van der Waals surface area contributed by atoms with Crippen molar-refractivity contribution >= 4 is 0 Å². The largest absolute Gasteiger partial charge is 0.393 e. The van der Waals surface area contributed by atoms with Crippen LogP contribution < -0.4 is 5.73 Å². The Morgan fingerprint density at radius 2 is 1.57 bits per heavy atom. The van der Waals surface area contributed by atoms with Crippen LogP contribution in [0.4, 0.5) is 0 Å². The Morgan fingerprint density at radius 3 is 2.38 bits per heavy atom. The molecule has 4 rings (SSSR count). The highest BCUT2D eigenvalue weighted by molar-refractivity contribution is 5.09. The number of quaternary nitrogens is 1. The number of aliphatic hydroxyl groups excluding tert-OH is 1. The summed E-state index contributed by atoms with van der Waals surface area (Å²) in [4.78, 5) is 0. The fourth-order valence-electron chi connectivity index (χ4n) is 7.34. The van der Waals surface area contributed by atoms with Crippen molar-refractivity contribution in [1.82, 2.24) is 0 Å². The highest BCUT2D eigenvalue weighted by atomic mass is 16.3. The van der Waals surface area contributed by atoms with Crippen molar-refractivity contribution in [2.45, 2.75) is 83.8 Å². The molecule has 0 unspecified atom stereocenters. The summed E-state index contributed by atoms with van der Waals surface area (Å²) in [6.45, 7) is 5.14. The molecule has 4 aliphatic rings. The Kier molecular flexibility index (Phi) is 3.25. The lowest BCUT2D eigenvalue weighted by atomic mass is 9.45. The fourth-order valence-corrected chi connectivity index (χ4v) is 7.34. The Labute approximate surface area is 129 Å². The van der Waals surface area contributed by atoms with Crippen LogP contribution in [0, 0.1) is 34.5 Å². The second-order valence-corrected chi connectivity index (χ2v) is 9.40. The van der Waals surface area contributed by atoms with Crippen molar-refractivity contribution < 1.29 is 10.8 Å². The Hall–Kier alpha value is -0.0800. The van der Waals surface area contributed by atoms with Gasteiger partial charge in [-0.25, -0.2) is 0 Å². The molecule has 21 heavy (non-hydrogen) atoms. The van der Waals surface area contributed by atoms with Crippen LogP contribution in [0.3, 0.4) is 0 Å². The van der Waals surface area contributed by atoms with Gasteiger partial charge in [0.15, 0.2) is 0 Å². The van der Waals surface area contributed by atoms with Crippen LogP contribution in [-0.2, 0) is 0 Å². The molecule has 0 heterocycles. The van der Waals surface area contributed by atoms with Crippen LogP contribution in [-0.4, -0.2) is 17.3 Å². The van der Waals surface area contributed by atoms with E-state index in [0.29, 0.717) is 16.9 Å². The molecule has 0 spiro atoms. The van der Waals surface area contributed by atoms with E-state index in [1.807, 2.05) is 0 Å². The van der Waals surface area contributed by atoms with E-state index in [1.54, 1.807) is 0 Å². The number of hydrogen-bond donors (Lipinski definition) is 2. The lowest BCUT2D eigenvalue weighted by Crippen LogP contribution is -2.68. The van der Waals surface area contributed by atoms with Gasteiger partial charge >= 0.3 is 0 Å². The number of hydrogen-bond acceptors (Lipinski definition) is 1. The van der Waals surface area contributed by atoms with E-state index in [4.69, 9.17) is 0 Å². The maximum Gasteiger partial charge on any atom is 0.0900 e. The summed E-state index contributed by atoms with van der Waals surface area (Å²) < 4.78 is 0. The minimum atomic E-state index is -0.0100. The van der Waals surface area contributed by atoms with E-state index in [1.165, 1.54) is 44.9 Å². The van der Waals surface area contributed by atoms with Crippen molar-refractivity contribution in [1.29, 1.82) is 0 Å². The molecule has 0 amide bonds. The van der Waals surface area contributed by atoms with Gasteiger partial charge in [-0.1, -0.05) is 13.8 Å². The average Bonchev–Trinajstić information content (AvgIpc) is 2.76. The van der Waals surface area contributed by atoms with Crippen LogP contribution >= 0.6 is 0 Å². The van der Waals surface area contributed by atoms with Gasteiger partial charge in [-0.3, -0.25) is 0 Å². The fraction of sp³-hybridized carbons (Fsp3) is 1.00. The zero-order valence-corrected chi connectivity index (χ0v) is 14.0. The first-order valence-corrected chi connectivity index (χ1v) is 9.46. The van der Waals surface area contributed by atoms with Crippen molar-refractivity contribution in [3.05, 3.63) is 0 Å². The van der Waals surface area contributed by atoms with Gasteiger partial charge in [-0.15, -0.1) is 0 Å². The SMILES string of the molecule is C[C@]12CC[C@@H](O)C[C@@H]1CC[C@@H]1[C@H]3CC[C@@H]([NH3+])[C@@]3(C)CC[C@@H]12. The van der Waals surface area contributed by atoms with Gasteiger partial charge in [0, 0.05) is 11.8 Å². The molecule has 0 aromatic carbocycles. The predicted molar refractivity (Wildman–Crippen MR) is 84.4 cm³/mol. The third-order valence-corrected chi connectivity index (χ3v) is 8.83. The molecular formula is C19H34NO+. The van der Waals surface area contributed by atoms with Gasteiger partial charge in [0.2, 0.25) is 0 Å². The minimum absolute atomic E-state index is 0.0100. The van der Waals surface area contributed by atoms with Crippen LogP contribution in [0.5, 0.6) is 0 Å². The van der Waals surface area contributed by atoms with Crippen molar-refractivity contribution in [3.8, 4) is 0 Å². The van der Waals surface area contributed by atoms with Gasteiger partial charge in [0.1, 0.15) is 0 Å². The molecule has 0 bridgehead atoms. The van der Waals surface area contributed by atoms with Gasteiger partial charge in [-0.05, 0) is 80.5 Å². The zero-order valence-electron chi connectivity index (χ0n) is 14.0. The summed E-state index contributed by atoms with van der Waals surface area (Å²) in [5, 5.41) is 10.1. The second-order valence-electron chi connectivity index (χ2n) is 9.40. The lowest BCUT2D eigenvalue weighted by molar-refractivity contribution is -0.445. The average molecular weight is 292 g/mol. The topological polar surface area (TPSA) is 47.9 Å². The molecule has 8 atom stereocenters. The molecule has 0 saturated heterocycles. The van der Waals surface area contributed by atoms with Crippen LogP contribution in [0.15, 0.2) is 0 Å². The van der Waals surface area contributed by atoms with Crippen molar-refractivity contribution in [2.75, 3.05) is 0 Å². The van der Waals surface area contributed by atoms with E-state index in [0.717, 1.165) is 36.5 Å². The highest BCUT2D eigenvalue weighted by Gasteiger charge is 2.60. The summed E-state index contributed by atoms with van der Waals surface area (Å²) in [6.07, 6.45) is 11.9. The molecule has 0 aromatic heterocycles. The third kappa shape index (κ3) is 1.91. The van der Waals surface area contributed by atoms with Gasteiger partial charge in [0.25, 0.3) is 0 Å². The van der Waals surface area contributed by atoms with E-state index >= 15 is 0 Å². The van der Waals surface area contributed by atoms with Crippen LogP contribution in [0.2, 0.25) is 0 Å². The molecule has 4 N–H and O–H groups in total. The smallest absolute Gasteiger partial charge is 0.0900 e. The molecule has 0 aromatic rings. The van der Waals surface area contributed by atoms with E-state index < -0.39 is 0 Å². The second kappa shape index (κ2) is 4.71. The Morgan fingerprint density at radius 1 is 0.857 bits per heavy atom. The minimum Gasteiger partial charge on any atom is -0.393 e. The molecule has 4 fully saturated rings. The van der Waals surface area contributed by atoms with Crippen LogP contribution in [0.25, 0.3) is 0 Å². The van der Waals surface area contributed by atoms with Crippen LogP contribution in [0.1, 0.15) is 71.6 Å². The zero-order chi connectivity index (χ0) is 14.8. The summed E-state index contributed by atoms with van der Waals surface area (Å²) in [5.74, 6) is 3.64.